The van der Waals surface area contributed by atoms with Crippen LogP contribution < -0.4 is 9.47 Å². The van der Waals surface area contributed by atoms with Crippen LogP contribution in [0.3, 0.4) is 0 Å². The van der Waals surface area contributed by atoms with Crippen LogP contribution in [0.15, 0.2) is 54.6 Å². The molecular weight excluding hydrogens is 608 g/mol. The standard InChI is InChI=1S/C17H16O6.C15H18O8/c1-8-13(20)6-14-9(2)17(8)23-16(21)7-15(22-14)11-5-10(18)3-4-12(11)19;16-9-4-1-8(2-5-9)3-6-11(17)22-7-10-12(18)13(19)14(20)15(21)23-10/h3-6,15,18-20H,7H2,1-2H3;1-6,10,12-16,18-21H,7H2/b;6-3+/t15-;10-,12-,13+,14-,15-/m01/s1. The molecule has 0 saturated carbocycles. The van der Waals surface area contributed by atoms with E-state index in [1.165, 1.54) is 42.5 Å². The summed E-state index contributed by atoms with van der Waals surface area (Å²) in [6.45, 7) is 2.96. The second kappa shape index (κ2) is 14.5. The van der Waals surface area contributed by atoms with Crippen LogP contribution in [0.4, 0.5) is 0 Å². The number of ether oxygens (including phenoxy) is 4. The number of fused-ring (bicyclic) bond motifs is 2. The van der Waals surface area contributed by atoms with Crippen molar-refractivity contribution in [3.8, 4) is 34.5 Å². The van der Waals surface area contributed by atoms with Crippen LogP contribution in [-0.2, 0) is 19.1 Å². The van der Waals surface area contributed by atoms with Gasteiger partial charge in [-0.1, -0.05) is 12.1 Å². The van der Waals surface area contributed by atoms with E-state index < -0.39 is 55.4 Å². The van der Waals surface area contributed by atoms with E-state index in [1.54, 1.807) is 26.0 Å². The highest BCUT2D eigenvalue weighted by atomic mass is 16.6. The van der Waals surface area contributed by atoms with E-state index in [1.807, 2.05) is 0 Å². The number of aliphatic hydroxyl groups excluding tert-OH is 4. The normalized spacial score (nSPS) is 24.1. The summed E-state index contributed by atoms with van der Waals surface area (Å²) < 4.78 is 20.9. The van der Waals surface area contributed by atoms with Gasteiger partial charge in [0.2, 0.25) is 0 Å². The van der Waals surface area contributed by atoms with Crippen molar-refractivity contribution in [3.05, 3.63) is 76.9 Å². The van der Waals surface area contributed by atoms with Crippen LogP contribution in [0, 0.1) is 13.8 Å². The molecule has 2 aliphatic rings. The lowest BCUT2D eigenvalue weighted by atomic mass is 9.99. The first kappa shape index (κ1) is 34.0. The molecule has 14 nitrogen and oxygen atoms in total. The van der Waals surface area contributed by atoms with E-state index in [2.05, 4.69) is 0 Å². The molecule has 1 saturated heterocycles. The number of hydrogen-bond acceptors (Lipinski definition) is 14. The van der Waals surface area contributed by atoms with Gasteiger partial charge in [0.05, 0.1) is 6.42 Å². The summed E-state index contributed by atoms with van der Waals surface area (Å²) in [6, 6.07) is 11.6. The zero-order valence-corrected chi connectivity index (χ0v) is 24.7. The fraction of sp³-hybridized carbons (Fsp3) is 0.312. The molecule has 8 N–H and O–H groups in total. The molecule has 14 heteroatoms. The molecule has 6 atom stereocenters. The molecule has 46 heavy (non-hydrogen) atoms. The first-order valence-electron chi connectivity index (χ1n) is 14.0. The molecule has 0 spiro atoms. The SMILES string of the molecule is Cc1c(O)cc2c(C)c1OC(=O)C[C@@H](c1cc(O)ccc1O)O2.O=C(/C=C/c1ccc(O)cc1)OC[C@H]1O[C@@H](O)[C@H](O)[C@@H](O)[C@@H]1O. The fourth-order valence-corrected chi connectivity index (χ4v) is 4.63. The molecule has 5 rings (SSSR count). The molecule has 0 amide bonds. The molecule has 0 radical (unpaired) electrons. The van der Waals surface area contributed by atoms with Gasteiger partial charge >= 0.3 is 11.9 Å². The van der Waals surface area contributed by atoms with Crippen molar-refractivity contribution in [1.29, 1.82) is 0 Å². The van der Waals surface area contributed by atoms with Crippen LogP contribution in [-0.4, -0.2) is 90.1 Å². The summed E-state index contributed by atoms with van der Waals surface area (Å²) >= 11 is 0. The lowest BCUT2D eigenvalue weighted by Crippen LogP contribution is -2.58. The summed E-state index contributed by atoms with van der Waals surface area (Å²) in [5, 5.41) is 76.6. The Hall–Kier alpha value is -4.86. The molecule has 3 aromatic rings. The summed E-state index contributed by atoms with van der Waals surface area (Å²) in [4.78, 5) is 23.7. The summed E-state index contributed by atoms with van der Waals surface area (Å²) in [5.74, 6) is -0.742. The van der Waals surface area contributed by atoms with Crippen molar-refractivity contribution in [1.82, 2.24) is 0 Å². The topological polar surface area (TPSA) is 233 Å². The van der Waals surface area contributed by atoms with Gasteiger partial charge in [0, 0.05) is 28.8 Å². The second-order valence-corrected chi connectivity index (χ2v) is 10.6. The highest BCUT2D eigenvalue weighted by Gasteiger charge is 2.43. The van der Waals surface area contributed by atoms with Crippen molar-refractivity contribution >= 4 is 18.0 Å². The molecule has 2 bridgehead atoms. The molecule has 2 aliphatic heterocycles. The van der Waals surface area contributed by atoms with Gasteiger partial charge in [-0.05, 0) is 55.8 Å². The largest absolute Gasteiger partial charge is 0.508 e. The Morgan fingerprint density at radius 3 is 2.24 bits per heavy atom. The van der Waals surface area contributed by atoms with Gasteiger partial charge in [0.15, 0.2) is 6.29 Å². The monoisotopic (exact) mass is 642 g/mol. The average molecular weight is 643 g/mol. The molecule has 3 aromatic carbocycles. The van der Waals surface area contributed by atoms with Gasteiger partial charge in [-0.25, -0.2) is 4.79 Å². The Morgan fingerprint density at radius 1 is 0.870 bits per heavy atom. The van der Waals surface area contributed by atoms with Gasteiger partial charge in [0.1, 0.15) is 71.6 Å². The fourth-order valence-electron chi connectivity index (χ4n) is 4.63. The van der Waals surface area contributed by atoms with Gasteiger partial charge < -0.3 is 59.8 Å². The van der Waals surface area contributed by atoms with Gasteiger partial charge in [-0.2, -0.15) is 0 Å². The summed E-state index contributed by atoms with van der Waals surface area (Å²) in [6.07, 6.45) is -5.94. The molecule has 1 fully saturated rings. The number of phenols is 4. The molecule has 246 valence electrons. The number of rotatable bonds is 5. The van der Waals surface area contributed by atoms with E-state index in [0.29, 0.717) is 22.4 Å². The number of phenolic OH excluding ortho intramolecular Hbond substituents is 4. The quantitative estimate of drug-likeness (QED) is 0.0855. The lowest BCUT2D eigenvalue weighted by molar-refractivity contribution is -0.287. The van der Waals surface area contributed by atoms with Crippen LogP contribution in [0.25, 0.3) is 6.08 Å². The maximum atomic E-state index is 12.1. The third-order valence-electron chi connectivity index (χ3n) is 7.28. The lowest BCUT2D eigenvalue weighted by Gasteiger charge is -2.37. The number of carbonyl (C=O) groups excluding carboxylic acids is 2. The number of aliphatic hydroxyl groups is 4. The van der Waals surface area contributed by atoms with Crippen LogP contribution in [0.1, 0.15) is 34.8 Å². The molecule has 2 heterocycles. The maximum absolute atomic E-state index is 12.1. The van der Waals surface area contributed by atoms with E-state index >= 15 is 0 Å². The molecule has 0 aliphatic carbocycles. The third-order valence-corrected chi connectivity index (χ3v) is 7.28. The maximum Gasteiger partial charge on any atom is 0.330 e. The van der Waals surface area contributed by atoms with Crippen molar-refractivity contribution < 1.29 is 69.4 Å². The van der Waals surface area contributed by atoms with Gasteiger partial charge in [0.25, 0.3) is 0 Å². The Balaban J connectivity index is 0.000000209. The number of carbonyl (C=O) groups is 2. The summed E-state index contributed by atoms with van der Waals surface area (Å²) in [7, 11) is 0. The Morgan fingerprint density at radius 2 is 1.54 bits per heavy atom. The smallest absolute Gasteiger partial charge is 0.330 e. The van der Waals surface area contributed by atoms with Crippen molar-refractivity contribution in [2.75, 3.05) is 6.61 Å². The molecule has 0 unspecified atom stereocenters. The number of hydrogen-bond donors (Lipinski definition) is 8. The number of esters is 2. The first-order chi connectivity index (χ1) is 21.7. The minimum Gasteiger partial charge on any atom is -0.508 e. The zero-order valence-electron chi connectivity index (χ0n) is 24.7. The Kier molecular flexibility index (Phi) is 10.7. The predicted molar refractivity (Wildman–Crippen MR) is 158 cm³/mol. The minimum atomic E-state index is -1.68. The number of aromatic hydroxyl groups is 4. The summed E-state index contributed by atoms with van der Waals surface area (Å²) in [5.41, 5.74) is 1.98. The van der Waals surface area contributed by atoms with Crippen molar-refractivity contribution in [2.45, 2.75) is 57.1 Å². The van der Waals surface area contributed by atoms with E-state index in [-0.39, 0.29) is 40.7 Å². The highest BCUT2D eigenvalue weighted by molar-refractivity contribution is 5.87. The minimum absolute atomic E-state index is 0.0471. The van der Waals surface area contributed by atoms with Crippen LogP contribution in [0.5, 0.6) is 34.5 Å². The van der Waals surface area contributed by atoms with E-state index in [4.69, 9.17) is 24.1 Å². The zero-order chi connectivity index (χ0) is 33.7. The van der Waals surface area contributed by atoms with E-state index in [0.717, 1.165) is 6.08 Å². The molecular formula is C32H34O14. The Labute approximate surface area is 262 Å². The highest BCUT2D eigenvalue weighted by Crippen LogP contribution is 2.43. The first-order valence-corrected chi connectivity index (χ1v) is 14.0. The van der Waals surface area contributed by atoms with Gasteiger partial charge in [-0.15, -0.1) is 0 Å². The van der Waals surface area contributed by atoms with Crippen molar-refractivity contribution in [2.24, 2.45) is 0 Å². The van der Waals surface area contributed by atoms with Crippen molar-refractivity contribution in [3.63, 3.8) is 0 Å². The van der Waals surface area contributed by atoms with E-state index in [9.17, 15) is 45.3 Å². The van der Waals surface area contributed by atoms with Crippen LogP contribution >= 0.6 is 0 Å². The average Bonchev–Trinajstić information content (AvgIpc) is 3.02. The molecule has 0 aromatic heterocycles. The predicted octanol–water partition coefficient (Wildman–Crippen LogP) is 1.60. The number of benzene rings is 3. The van der Waals surface area contributed by atoms with Crippen LogP contribution in [0.2, 0.25) is 0 Å². The van der Waals surface area contributed by atoms with Gasteiger partial charge in [-0.3, -0.25) is 4.79 Å². The second-order valence-electron chi connectivity index (χ2n) is 10.6. The Bertz CT molecular complexity index is 1580. The third kappa shape index (κ3) is 8.04.